The average Bonchev–Trinajstić information content (AvgIpc) is 2.75. The zero-order valence-corrected chi connectivity index (χ0v) is 9.37. The van der Waals surface area contributed by atoms with Crippen LogP contribution in [0.2, 0.25) is 0 Å². The van der Waals surface area contributed by atoms with Crippen molar-refractivity contribution in [3.63, 3.8) is 0 Å². The summed E-state index contributed by atoms with van der Waals surface area (Å²) >= 11 is 0. The Hall–Kier alpha value is -2.36. The summed E-state index contributed by atoms with van der Waals surface area (Å²) in [5.74, 6) is 0. The van der Waals surface area contributed by atoms with Crippen molar-refractivity contribution in [3.05, 3.63) is 54.3 Å². The quantitative estimate of drug-likeness (QED) is 0.469. The molecule has 0 bridgehead atoms. The van der Waals surface area contributed by atoms with Crippen LogP contribution in [0, 0.1) is 5.21 Å². The van der Waals surface area contributed by atoms with Gasteiger partial charge in [-0.15, -0.1) is 0 Å². The summed E-state index contributed by atoms with van der Waals surface area (Å²) in [6.07, 6.45) is 6.85. The van der Waals surface area contributed by atoms with Crippen molar-refractivity contribution in [2.75, 3.05) is 0 Å². The van der Waals surface area contributed by atoms with Gasteiger partial charge in [-0.1, -0.05) is 12.1 Å². The molecular weight excluding hydrogens is 214 g/mol. The fourth-order valence-corrected chi connectivity index (χ4v) is 1.92. The van der Waals surface area contributed by atoms with Crippen LogP contribution < -0.4 is 4.73 Å². The summed E-state index contributed by atoms with van der Waals surface area (Å²) in [4.78, 5) is 0. The number of hydrogen-bond donors (Lipinski definition) is 0. The van der Waals surface area contributed by atoms with E-state index in [1.54, 1.807) is 10.9 Å². The SMILES string of the molecule is Cn1cc(-c2ccc3cc[n+]([O-])cc3c2)cn1. The van der Waals surface area contributed by atoms with Gasteiger partial charge >= 0.3 is 0 Å². The van der Waals surface area contributed by atoms with Crippen molar-refractivity contribution in [2.45, 2.75) is 0 Å². The number of benzene rings is 1. The zero-order valence-electron chi connectivity index (χ0n) is 9.37. The summed E-state index contributed by atoms with van der Waals surface area (Å²) in [6.45, 7) is 0. The van der Waals surface area contributed by atoms with Crippen LogP contribution in [0.4, 0.5) is 0 Å². The molecule has 2 aromatic heterocycles. The highest BCUT2D eigenvalue weighted by molar-refractivity contribution is 5.85. The Morgan fingerprint density at radius 2 is 2.06 bits per heavy atom. The molecule has 0 saturated carbocycles. The third-order valence-corrected chi connectivity index (χ3v) is 2.79. The van der Waals surface area contributed by atoms with E-state index < -0.39 is 0 Å². The van der Waals surface area contributed by atoms with Crippen LogP contribution in [0.1, 0.15) is 0 Å². The summed E-state index contributed by atoms with van der Waals surface area (Å²) in [5.41, 5.74) is 2.12. The molecule has 3 aromatic rings. The largest absolute Gasteiger partial charge is 0.619 e. The number of hydrogen-bond acceptors (Lipinski definition) is 2. The van der Waals surface area contributed by atoms with Crippen molar-refractivity contribution in [1.29, 1.82) is 0 Å². The van der Waals surface area contributed by atoms with Crippen LogP contribution in [0.3, 0.4) is 0 Å². The maximum atomic E-state index is 11.2. The minimum absolute atomic E-state index is 0.815. The van der Waals surface area contributed by atoms with Crippen LogP contribution in [0.15, 0.2) is 49.1 Å². The maximum absolute atomic E-state index is 11.2. The van der Waals surface area contributed by atoms with Gasteiger partial charge < -0.3 is 5.21 Å². The lowest BCUT2D eigenvalue weighted by Gasteiger charge is -2.01. The lowest BCUT2D eigenvalue weighted by atomic mass is 10.1. The molecule has 0 aliphatic heterocycles. The molecule has 0 unspecified atom stereocenters. The highest BCUT2D eigenvalue weighted by atomic mass is 16.5. The highest BCUT2D eigenvalue weighted by Gasteiger charge is 2.03. The molecule has 0 fully saturated rings. The Morgan fingerprint density at radius 3 is 2.82 bits per heavy atom. The fraction of sp³-hybridized carbons (Fsp3) is 0.0769. The molecule has 0 amide bonds. The van der Waals surface area contributed by atoms with E-state index in [1.807, 2.05) is 43.7 Å². The third kappa shape index (κ3) is 1.73. The second-order valence-electron chi connectivity index (χ2n) is 4.05. The molecular formula is C13H11N3O. The van der Waals surface area contributed by atoms with E-state index >= 15 is 0 Å². The Bertz CT molecular complexity index is 688. The second kappa shape index (κ2) is 3.59. The molecule has 84 valence electrons. The van der Waals surface area contributed by atoms with E-state index in [0.717, 1.165) is 26.6 Å². The van der Waals surface area contributed by atoms with Gasteiger partial charge in [-0.2, -0.15) is 9.83 Å². The molecule has 0 N–H and O–H groups in total. The van der Waals surface area contributed by atoms with E-state index in [0.29, 0.717) is 0 Å². The first-order valence-corrected chi connectivity index (χ1v) is 5.34. The second-order valence-corrected chi connectivity index (χ2v) is 4.05. The molecule has 4 nitrogen and oxygen atoms in total. The predicted molar refractivity (Wildman–Crippen MR) is 65.1 cm³/mol. The number of aryl methyl sites for hydroxylation is 1. The van der Waals surface area contributed by atoms with E-state index in [4.69, 9.17) is 0 Å². The smallest absolute Gasteiger partial charge is 0.188 e. The van der Waals surface area contributed by atoms with Crippen LogP contribution in [0.25, 0.3) is 21.9 Å². The van der Waals surface area contributed by atoms with Crippen LogP contribution >= 0.6 is 0 Å². The molecule has 0 spiro atoms. The lowest BCUT2D eigenvalue weighted by Crippen LogP contribution is -2.23. The Kier molecular flexibility index (Phi) is 2.08. The third-order valence-electron chi connectivity index (χ3n) is 2.79. The number of pyridine rings is 1. The van der Waals surface area contributed by atoms with E-state index in [2.05, 4.69) is 5.10 Å². The molecule has 1 aromatic carbocycles. The normalized spacial score (nSPS) is 10.9. The summed E-state index contributed by atoms with van der Waals surface area (Å²) in [6, 6.07) is 7.86. The summed E-state index contributed by atoms with van der Waals surface area (Å²) < 4.78 is 2.58. The number of aromatic nitrogens is 3. The summed E-state index contributed by atoms with van der Waals surface area (Å²) in [5, 5.41) is 17.4. The Morgan fingerprint density at radius 1 is 1.18 bits per heavy atom. The van der Waals surface area contributed by atoms with Crippen LogP contribution in [-0.2, 0) is 7.05 Å². The van der Waals surface area contributed by atoms with Gasteiger partial charge in [0.05, 0.1) is 6.20 Å². The van der Waals surface area contributed by atoms with Gasteiger partial charge in [-0.25, -0.2) is 0 Å². The number of rotatable bonds is 1. The summed E-state index contributed by atoms with van der Waals surface area (Å²) in [7, 11) is 1.89. The molecule has 0 radical (unpaired) electrons. The van der Waals surface area contributed by atoms with E-state index in [-0.39, 0.29) is 0 Å². The zero-order chi connectivity index (χ0) is 11.8. The van der Waals surface area contributed by atoms with Crippen molar-refractivity contribution < 1.29 is 4.73 Å². The standard InChI is InChI=1S/C13H11N3O/c1-15-8-13(7-14-15)11-3-2-10-4-5-16(17)9-12(10)6-11/h2-9H,1H3. The molecule has 0 atom stereocenters. The predicted octanol–water partition coefficient (Wildman–Crippen LogP) is 1.87. The minimum Gasteiger partial charge on any atom is -0.619 e. The molecule has 0 aliphatic carbocycles. The van der Waals surface area contributed by atoms with Crippen LogP contribution in [-0.4, -0.2) is 9.78 Å². The van der Waals surface area contributed by atoms with Gasteiger partial charge in [-0.05, 0) is 17.0 Å². The number of fused-ring (bicyclic) bond motifs is 1. The van der Waals surface area contributed by atoms with E-state index in [9.17, 15) is 5.21 Å². The first-order valence-electron chi connectivity index (χ1n) is 5.34. The monoisotopic (exact) mass is 225 g/mol. The van der Waals surface area contributed by atoms with Gasteiger partial charge in [0.15, 0.2) is 12.4 Å². The fourth-order valence-electron chi connectivity index (χ4n) is 1.92. The maximum Gasteiger partial charge on any atom is 0.188 e. The van der Waals surface area contributed by atoms with Crippen LogP contribution in [0.5, 0.6) is 0 Å². The Balaban J connectivity index is 2.18. The molecule has 17 heavy (non-hydrogen) atoms. The van der Waals surface area contributed by atoms with Gasteiger partial charge in [0, 0.05) is 30.3 Å². The van der Waals surface area contributed by atoms with Gasteiger partial charge in [0.1, 0.15) is 0 Å². The lowest BCUT2D eigenvalue weighted by molar-refractivity contribution is -0.603. The molecule has 3 rings (SSSR count). The van der Waals surface area contributed by atoms with Gasteiger partial charge in [0.25, 0.3) is 0 Å². The van der Waals surface area contributed by atoms with Crippen molar-refractivity contribution >= 4 is 10.8 Å². The van der Waals surface area contributed by atoms with Crippen molar-refractivity contribution in [2.24, 2.45) is 7.05 Å². The molecule has 2 heterocycles. The Labute approximate surface area is 98.3 Å². The van der Waals surface area contributed by atoms with E-state index in [1.165, 1.54) is 6.20 Å². The average molecular weight is 225 g/mol. The highest BCUT2D eigenvalue weighted by Crippen LogP contribution is 2.22. The first-order chi connectivity index (χ1) is 8.22. The molecule has 4 heteroatoms. The molecule has 0 aliphatic rings. The first kappa shape index (κ1) is 9.84. The number of nitrogens with zero attached hydrogens (tertiary/aromatic N) is 3. The van der Waals surface area contributed by atoms with Crippen molar-refractivity contribution in [3.8, 4) is 11.1 Å². The van der Waals surface area contributed by atoms with Gasteiger partial charge in [-0.3, -0.25) is 4.68 Å². The van der Waals surface area contributed by atoms with Crippen molar-refractivity contribution in [1.82, 2.24) is 9.78 Å². The minimum atomic E-state index is 0.815. The molecule has 0 saturated heterocycles. The topological polar surface area (TPSA) is 44.8 Å². The van der Waals surface area contributed by atoms with Gasteiger partial charge in [0.2, 0.25) is 0 Å².